The Bertz CT molecular complexity index is 155. The van der Waals surface area contributed by atoms with Gasteiger partial charge >= 0.3 is 0 Å². The third-order valence-electron chi connectivity index (χ3n) is 3.17. The molecule has 0 saturated heterocycles. The van der Waals surface area contributed by atoms with Crippen molar-refractivity contribution >= 4 is 0 Å². The lowest BCUT2D eigenvalue weighted by Gasteiger charge is -2.23. The molecule has 0 bridgehead atoms. The van der Waals surface area contributed by atoms with E-state index in [9.17, 15) is 0 Å². The molecular formula is C13H28N2. The van der Waals surface area contributed by atoms with Crippen LogP contribution in [0.15, 0.2) is 0 Å². The second kappa shape index (κ2) is 7.24. The largest absolute Gasteiger partial charge is 0.314 e. The lowest BCUT2D eigenvalue weighted by atomic mass is 10.2. The molecule has 0 aliphatic heterocycles. The second-order valence-electron chi connectivity index (χ2n) is 4.91. The van der Waals surface area contributed by atoms with Gasteiger partial charge < -0.3 is 10.2 Å². The fourth-order valence-electron chi connectivity index (χ4n) is 2.06. The topological polar surface area (TPSA) is 15.3 Å². The normalized spacial score (nSPS) is 18.4. The third kappa shape index (κ3) is 5.53. The maximum Gasteiger partial charge on any atom is 0.00964 e. The molecule has 0 spiro atoms. The van der Waals surface area contributed by atoms with E-state index < -0.39 is 0 Å². The minimum Gasteiger partial charge on any atom is -0.314 e. The third-order valence-corrected chi connectivity index (χ3v) is 3.17. The van der Waals surface area contributed by atoms with Crippen molar-refractivity contribution in [2.24, 2.45) is 0 Å². The first kappa shape index (κ1) is 13.0. The van der Waals surface area contributed by atoms with Crippen molar-refractivity contribution in [3.8, 4) is 0 Å². The summed E-state index contributed by atoms with van der Waals surface area (Å²) >= 11 is 0. The van der Waals surface area contributed by atoms with Crippen molar-refractivity contribution in [3.05, 3.63) is 0 Å². The highest BCUT2D eigenvalue weighted by Gasteiger charge is 2.27. The molecule has 0 amide bonds. The summed E-state index contributed by atoms with van der Waals surface area (Å²) in [5, 5.41) is 3.56. The Kier molecular flexibility index (Phi) is 6.26. The number of hydrogen-bond acceptors (Lipinski definition) is 2. The van der Waals surface area contributed by atoms with E-state index in [1.807, 2.05) is 0 Å². The Balaban J connectivity index is 2.09. The van der Waals surface area contributed by atoms with Crippen LogP contribution in [0, 0.1) is 0 Å². The molecule has 1 N–H and O–H groups in total. The fourth-order valence-corrected chi connectivity index (χ4v) is 2.06. The van der Waals surface area contributed by atoms with E-state index in [0.29, 0.717) is 6.04 Å². The molecule has 1 fully saturated rings. The Morgan fingerprint density at radius 3 is 2.47 bits per heavy atom. The van der Waals surface area contributed by atoms with Crippen molar-refractivity contribution in [1.29, 1.82) is 0 Å². The molecule has 1 saturated carbocycles. The Labute approximate surface area is 95.4 Å². The number of hydrogen-bond donors (Lipinski definition) is 1. The van der Waals surface area contributed by atoms with Crippen molar-refractivity contribution in [1.82, 2.24) is 10.2 Å². The molecule has 0 radical (unpaired) electrons. The molecule has 90 valence electrons. The molecule has 1 aliphatic rings. The molecule has 2 heteroatoms. The van der Waals surface area contributed by atoms with E-state index in [0.717, 1.165) is 6.04 Å². The van der Waals surface area contributed by atoms with Crippen LogP contribution in [0.5, 0.6) is 0 Å². The highest BCUT2D eigenvalue weighted by molar-refractivity contribution is 4.84. The number of rotatable bonds is 9. The molecule has 0 heterocycles. The van der Waals surface area contributed by atoms with E-state index in [1.165, 1.54) is 51.7 Å². The summed E-state index contributed by atoms with van der Waals surface area (Å²) < 4.78 is 0. The lowest BCUT2D eigenvalue weighted by Crippen LogP contribution is -2.34. The summed E-state index contributed by atoms with van der Waals surface area (Å²) in [7, 11) is 0. The van der Waals surface area contributed by atoms with Gasteiger partial charge in [0.25, 0.3) is 0 Å². The van der Waals surface area contributed by atoms with Gasteiger partial charge in [0.1, 0.15) is 0 Å². The summed E-state index contributed by atoms with van der Waals surface area (Å²) in [5.41, 5.74) is 0. The molecule has 1 unspecified atom stereocenters. The number of nitrogens with one attached hydrogen (secondary N) is 1. The van der Waals surface area contributed by atoms with Gasteiger partial charge in [-0.25, -0.2) is 0 Å². The van der Waals surface area contributed by atoms with Crippen LogP contribution in [0.3, 0.4) is 0 Å². The van der Waals surface area contributed by atoms with Crippen LogP contribution in [0.4, 0.5) is 0 Å². The monoisotopic (exact) mass is 212 g/mol. The van der Waals surface area contributed by atoms with Crippen LogP contribution in [-0.4, -0.2) is 36.6 Å². The van der Waals surface area contributed by atoms with Crippen molar-refractivity contribution in [3.63, 3.8) is 0 Å². The molecule has 2 nitrogen and oxygen atoms in total. The van der Waals surface area contributed by atoms with E-state index in [4.69, 9.17) is 0 Å². The molecule has 0 aromatic carbocycles. The number of nitrogens with zero attached hydrogens (tertiary/aromatic N) is 1. The van der Waals surface area contributed by atoms with E-state index in [2.05, 4.69) is 31.0 Å². The SMILES string of the molecule is CCCNC(C)CCN(CCC)C1CC1. The van der Waals surface area contributed by atoms with E-state index in [1.54, 1.807) is 0 Å². The van der Waals surface area contributed by atoms with Gasteiger partial charge in [0.2, 0.25) is 0 Å². The van der Waals surface area contributed by atoms with Crippen LogP contribution in [0.2, 0.25) is 0 Å². The van der Waals surface area contributed by atoms with Gasteiger partial charge in [-0.1, -0.05) is 13.8 Å². The Morgan fingerprint density at radius 2 is 1.93 bits per heavy atom. The second-order valence-corrected chi connectivity index (χ2v) is 4.91. The smallest absolute Gasteiger partial charge is 0.00964 e. The summed E-state index contributed by atoms with van der Waals surface area (Å²) in [5.74, 6) is 0. The molecule has 1 rings (SSSR count). The molecule has 15 heavy (non-hydrogen) atoms. The molecular weight excluding hydrogens is 184 g/mol. The fraction of sp³-hybridized carbons (Fsp3) is 1.00. The zero-order valence-electron chi connectivity index (χ0n) is 10.8. The standard InChI is InChI=1S/C13H28N2/c1-4-9-14-12(3)8-11-15(10-5-2)13-6-7-13/h12-14H,4-11H2,1-3H3. The van der Waals surface area contributed by atoms with Gasteiger partial charge in [0, 0.05) is 12.1 Å². The van der Waals surface area contributed by atoms with Crippen LogP contribution in [-0.2, 0) is 0 Å². The van der Waals surface area contributed by atoms with Gasteiger partial charge in [-0.15, -0.1) is 0 Å². The van der Waals surface area contributed by atoms with Crippen molar-refractivity contribution in [2.45, 2.75) is 65.0 Å². The molecule has 0 aromatic rings. The highest BCUT2D eigenvalue weighted by atomic mass is 15.2. The molecule has 1 atom stereocenters. The minimum atomic E-state index is 0.683. The average molecular weight is 212 g/mol. The van der Waals surface area contributed by atoms with Crippen LogP contribution < -0.4 is 5.32 Å². The first-order valence-electron chi connectivity index (χ1n) is 6.75. The Morgan fingerprint density at radius 1 is 1.20 bits per heavy atom. The van der Waals surface area contributed by atoms with Crippen molar-refractivity contribution < 1.29 is 0 Å². The van der Waals surface area contributed by atoms with E-state index >= 15 is 0 Å². The molecule has 1 aliphatic carbocycles. The first-order valence-corrected chi connectivity index (χ1v) is 6.75. The zero-order chi connectivity index (χ0) is 11.1. The summed E-state index contributed by atoms with van der Waals surface area (Å²) in [6.07, 6.45) is 6.73. The van der Waals surface area contributed by atoms with Crippen molar-refractivity contribution in [2.75, 3.05) is 19.6 Å². The Hall–Kier alpha value is -0.0800. The van der Waals surface area contributed by atoms with Gasteiger partial charge in [0.05, 0.1) is 0 Å². The van der Waals surface area contributed by atoms with Gasteiger partial charge in [-0.3, -0.25) is 0 Å². The van der Waals surface area contributed by atoms with Crippen LogP contribution in [0.1, 0.15) is 52.9 Å². The van der Waals surface area contributed by atoms with Crippen LogP contribution in [0.25, 0.3) is 0 Å². The zero-order valence-corrected chi connectivity index (χ0v) is 10.8. The summed E-state index contributed by atoms with van der Waals surface area (Å²) in [6, 6.07) is 1.62. The maximum atomic E-state index is 3.56. The average Bonchev–Trinajstić information content (AvgIpc) is 3.04. The van der Waals surface area contributed by atoms with Gasteiger partial charge in [0.15, 0.2) is 0 Å². The first-order chi connectivity index (χ1) is 7.27. The predicted octanol–water partition coefficient (Wildman–Crippen LogP) is 2.64. The highest BCUT2D eigenvalue weighted by Crippen LogP contribution is 2.27. The van der Waals surface area contributed by atoms with Gasteiger partial charge in [-0.2, -0.15) is 0 Å². The summed E-state index contributed by atoms with van der Waals surface area (Å²) in [4.78, 5) is 2.68. The maximum absolute atomic E-state index is 3.56. The lowest BCUT2D eigenvalue weighted by molar-refractivity contribution is 0.249. The summed E-state index contributed by atoms with van der Waals surface area (Å²) in [6.45, 7) is 10.6. The quantitative estimate of drug-likeness (QED) is 0.632. The molecule has 0 aromatic heterocycles. The minimum absolute atomic E-state index is 0.683. The van der Waals surface area contributed by atoms with E-state index in [-0.39, 0.29) is 0 Å². The predicted molar refractivity (Wildman–Crippen MR) is 67.3 cm³/mol. The van der Waals surface area contributed by atoms with Gasteiger partial charge in [-0.05, 0) is 58.7 Å². The van der Waals surface area contributed by atoms with Crippen LogP contribution >= 0.6 is 0 Å².